The molecule has 3 nitrogen and oxygen atoms in total. The molecule has 0 spiro atoms. The third-order valence-electron chi connectivity index (χ3n) is 2.12. The average Bonchev–Trinajstić information content (AvgIpc) is 2.64. The van der Waals surface area contributed by atoms with Crippen molar-refractivity contribution in [2.24, 2.45) is 0 Å². The summed E-state index contributed by atoms with van der Waals surface area (Å²) in [5.74, 6) is 0. The van der Waals surface area contributed by atoms with Crippen LogP contribution >= 0.6 is 11.3 Å². The third kappa shape index (κ3) is 1.77. The van der Waals surface area contributed by atoms with Gasteiger partial charge in [-0.05, 0) is 30.0 Å². The highest BCUT2D eigenvalue weighted by atomic mass is 32.1. The third-order valence-corrected chi connectivity index (χ3v) is 2.97. The summed E-state index contributed by atoms with van der Waals surface area (Å²) in [6.45, 7) is 2.04. The van der Waals surface area contributed by atoms with Gasteiger partial charge in [0.1, 0.15) is 0 Å². The van der Waals surface area contributed by atoms with E-state index < -0.39 is 0 Å². The van der Waals surface area contributed by atoms with Crippen LogP contribution in [-0.4, -0.2) is 12.1 Å². The molecule has 74 valence electrons. The number of aromatic nitrogens is 1. The van der Waals surface area contributed by atoms with Gasteiger partial charge in [0.05, 0.1) is 23.4 Å². The molecule has 1 unspecified atom stereocenters. The molecule has 4 heteroatoms. The monoisotopic (exact) mass is 208 g/mol. The van der Waals surface area contributed by atoms with Crippen LogP contribution in [-0.2, 0) is 4.84 Å². The van der Waals surface area contributed by atoms with Gasteiger partial charge < -0.3 is 4.84 Å². The molecule has 0 saturated carbocycles. The summed E-state index contributed by atoms with van der Waals surface area (Å²) < 4.78 is 1.22. The molecule has 0 bridgehead atoms. The minimum atomic E-state index is 0.166. The highest BCUT2D eigenvalue weighted by molar-refractivity contribution is 7.17. The van der Waals surface area contributed by atoms with Gasteiger partial charge in [-0.25, -0.2) is 0 Å². The fourth-order valence-electron chi connectivity index (χ4n) is 1.34. The maximum absolute atomic E-state index is 4.88. The van der Waals surface area contributed by atoms with Gasteiger partial charge in [0.2, 0.25) is 0 Å². The Labute approximate surface area is 86.7 Å². The van der Waals surface area contributed by atoms with E-state index in [0.717, 1.165) is 11.1 Å². The molecule has 0 fully saturated rings. The zero-order chi connectivity index (χ0) is 9.97. The molecule has 1 atom stereocenters. The van der Waals surface area contributed by atoms with Crippen molar-refractivity contribution in [3.63, 3.8) is 0 Å². The first-order valence-corrected chi connectivity index (χ1v) is 5.31. The molecule has 0 radical (unpaired) electrons. The van der Waals surface area contributed by atoms with Crippen LogP contribution in [0.25, 0.3) is 10.2 Å². The molecule has 2 aromatic rings. The number of thiophene rings is 1. The first kappa shape index (κ1) is 9.58. The van der Waals surface area contributed by atoms with Crippen molar-refractivity contribution in [1.82, 2.24) is 10.5 Å². The molecule has 2 aromatic heterocycles. The molecular weight excluding hydrogens is 196 g/mol. The molecule has 2 heterocycles. The fourth-order valence-corrected chi connectivity index (χ4v) is 2.13. The molecule has 1 N–H and O–H groups in total. The zero-order valence-corrected chi connectivity index (χ0v) is 8.97. The summed E-state index contributed by atoms with van der Waals surface area (Å²) in [6.07, 6.45) is 1.88. The van der Waals surface area contributed by atoms with Gasteiger partial charge in [-0.3, -0.25) is 4.98 Å². The Balaban J connectivity index is 2.33. The van der Waals surface area contributed by atoms with E-state index in [1.54, 1.807) is 18.4 Å². The van der Waals surface area contributed by atoms with Crippen molar-refractivity contribution in [3.05, 3.63) is 29.3 Å². The van der Waals surface area contributed by atoms with Gasteiger partial charge in [-0.15, -0.1) is 11.3 Å². The molecule has 0 aromatic carbocycles. The summed E-state index contributed by atoms with van der Waals surface area (Å²) in [7, 11) is 1.62. The minimum Gasteiger partial charge on any atom is -0.305 e. The SMILES string of the molecule is CONC(C)c1cnc2ccsc2c1. The predicted molar refractivity (Wildman–Crippen MR) is 58.2 cm³/mol. The smallest absolute Gasteiger partial charge is 0.0809 e. The van der Waals surface area contributed by atoms with Crippen molar-refractivity contribution in [2.45, 2.75) is 13.0 Å². The van der Waals surface area contributed by atoms with Gasteiger partial charge in [0, 0.05) is 6.20 Å². The van der Waals surface area contributed by atoms with Crippen molar-refractivity contribution < 1.29 is 4.84 Å². The average molecular weight is 208 g/mol. The number of nitrogens with one attached hydrogen (secondary N) is 1. The molecule has 0 saturated heterocycles. The Bertz CT molecular complexity index is 427. The number of fused-ring (bicyclic) bond motifs is 1. The van der Waals surface area contributed by atoms with E-state index in [2.05, 4.69) is 21.9 Å². The van der Waals surface area contributed by atoms with Gasteiger partial charge in [0.15, 0.2) is 0 Å². The predicted octanol–water partition coefficient (Wildman–Crippen LogP) is 2.51. The lowest BCUT2D eigenvalue weighted by molar-refractivity contribution is 0.0658. The van der Waals surface area contributed by atoms with Crippen molar-refractivity contribution in [1.29, 1.82) is 0 Å². The Kier molecular flexibility index (Phi) is 2.77. The summed E-state index contributed by atoms with van der Waals surface area (Å²) >= 11 is 1.71. The van der Waals surface area contributed by atoms with Crippen LogP contribution in [0, 0.1) is 0 Å². The maximum Gasteiger partial charge on any atom is 0.0809 e. The molecule has 0 aliphatic rings. The first-order valence-electron chi connectivity index (χ1n) is 4.43. The topological polar surface area (TPSA) is 34.1 Å². The van der Waals surface area contributed by atoms with Gasteiger partial charge in [-0.2, -0.15) is 5.48 Å². The van der Waals surface area contributed by atoms with Crippen LogP contribution in [0.1, 0.15) is 18.5 Å². The highest BCUT2D eigenvalue weighted by Crippen LogP contribution is 2.22. The first-order chi connectivity index (χ1) is 6.81. The second-order valence-corrected chi connectivity index (χ2v) is 4.06. The van der Waals surface area contributed by atoms with Crippen molar-refractivity contribution >= 4 is 21.6 Å². The minimum absolute atomic E-state index is 0.166. The van der Waals surface area contributed by atoms with E-state index in [0.29, 0.717) is 0 Å². The molecule has 14 heavy (non-hydrogen) atoms. The Morgan fingerprint density at radius 2 is 2.43 bits per heavy atom. The van der Waals surface area contributed by atoms with Crippen LogP contribution in [0.5, 0.6) is 0 Å². The van der Waals surface area contributed by atoms with Crippen LogP contribution < -0.4 is 5.48 Å². The number of hydrogen-bond donors (Lipinski definition) is 1. The van der Waals surface area contributed by atoms with E-state index in [4.69, 9.17) is 4.84 Å². The summed E-state index contributed by atoms with van der Waals surface area (Å²) in [6, 6.07) is 4.33. The number of nitrogens with zero attached hydrogens (tertiary/aromatic N) is 1. The molecule has 2 rings (SSSR count). The summed E-state index contributed by atoms with van der Waals surface area (Å²) in [5.41, 5.74) is 5.08. The van der Waals surface area contributed by atoms with Crippen LogP contribution in [0.3, 0.4) is 0 Å². The Morgan fingerprint density at radius 3 is 3.21 bits per heavy atom. The highest BCUT2D eigenvalue weighted by Gasteiger charge is 2.06. The van der Waals surface area contributed by atoms with Gasteiger partial charge >= 0.3 is 0 Å². The number of pyridine rings is 1. The number of hydroxylamine groups is 1. The lowest BCUT2D eigenvalue weighted by Crippen LogP contribution is -2.16. The number of rotatable bonds is 3. The maximum atomic E-state index is 4.88. The van der Waals surface area contributed by atoms with E-state index in [1.807, 2.05) is 19.2 Å². The lowest BCUT2D eigenvalue weighted by Gasteiger charge is -2.11. The quantitative estimate of drug-likeness (QED) is 0.787. The lowest BCUT2D eigenvalue weighted by atomic mass is 10.1. The standard InChI is InChI=1S/C10H12N2OS/c1-7(12-13-2)8-5-10-9(11-6-8)3-4-14-10/h3-7,12H,1-2H3. The summed E-state index contributed by atoms with van der Waals surface area (Å²) in [5, 5.41) is 2.05. The van der Waals surface area contributed by atoms with Crippen LogP contribution in [0.15, 0.2) is 23.7 Å². The summed E-state index contributed by atoms with van der Waals surface area (Å²) in [4.78, 5) is 9.24. The largest absolute Gasteiger partial charge is 0.305 e. The van der Waals surface area contributed by atoms with Crippen molar-refractivity contribution in [2.75, 3.05) is 7.11 Å². The Morgan fingerprint density at radius 1 is 1.57 bits per heavy atom. The second kappa shape index (κ2) is 4.04. The normalized spacial score (nSPS) is 13.3. The van der Waals surface area contributed by atoms with Crippen LogP contribution in [0.4, 0.5) is 0 Å². The molecule has 0 aliphatic heterocycles. The zero-order valence-electron chi connectivity index (χ0n) is 8.15. The molecule has 0 aliphatic carbocycles. The Hall–Kier alpha value is -0.970. The van der Waals surface area contributed by atoms with E-state index in [-0.39, 0.29) is 6.04 Å². The van der Waals surface area contributed by atoms with E-state index >= 15 is 0 Å². The molecular formula is C10H12N2OS. The van der Waals surface area contributed by atoms with Gasteiger partial charge in [0.25, 0.3) is 0 Å². The van der Waals surface area contributed by atoms with E-state index in [1.165, 1.54) is 4.70 Å². The second-order valence-electron chi connectivity index (χ2n) is 3.12. The fraction of sp³-hybridized carbons (Fsp3) is 0.300. The molecule has 0 amide bonds. The van der Waals surface area contributed by atoms with Crippen molar-refractivity contribution in [3.8, 4) is 0 Å². The number of hydrogen-bond acceptors (Lipinski definition) is 4. The van der Waals surface area contributed by atoms with E-state index in [9.17, 15) is 0 Å². The van der Waals surface area contributed by atoms with Gasteiger partial charge in [-0.1, -0.05) is 0 Å². The van der Waals surface area contributed by atoms with Crippen LogP contribution in [0.2, 0.25) is 0 Å².